The van der Waals surface area contributed by atoms with Gasteiger partial charge in [0.1, 0.15) is 0 Å². The molecule has 0 fully saturated rings. The smallest absolute Gasteiger partial charge is 0.0837 e. The van der Waals surface area contributed by atoms with Crippen LogP contribution < -0.4 is 0 Å². The van der Waals surface area contributed by atoms with Gasteiger partial charge in [-0.2, -0.15) is 0 Å². The fourth-order valence-electron chi connectivity index (χ4n) is 3.55. The lowest BCUT2D eigenvalue weighted by Crippen LogP contribution is -2.62. The predicted octanol–water partition coefficient (Wildman–Crippen LogP) is 5.00. The van der Waals surface area contributed by atoms with Crippen LogP contribution in [-0.2, 0) is 0 Å². The molecule has 0 aliphatic heterocycles. The molecule has 1 nitrogen and oxygen atoms in total. The predicted molar refractivity (Wildman–Crippen MR) is 79.3 cm³/mol. The van der Waals surface area contributed by atoms with Crippen LogP contribution in [0, 0.1) is 0 Å². The Balaban J connectivity index is 4.38. The maximum atomic E-state index is 2.39. The summed E-state index contributed by atoms with van der Waals surface area (Å²) in [5.74, 6) is 0. The maximum Gasteiger partial charge on any atom is 0.0837 e. The fraction of sp³-hybridized carbons (Fsp3) is 1.00. The minimum absolute atomic E-state index is 0.737. The van der Waals surface area contributed by atoms with Crippen molar-refractivity contribution in [2.75, 3.05) is 6.54 Å². The van der Waals surface area contributed by atoms with Crippen molar-refractivity contribution >= 4 is 0 Å². The molecular formula is C16H36N+. The maximum absolute atomic E-state index is 2.39. The van der Waals surface area contributed by atoms with Crippen molar-refractivity contribution in [1.82, 2.24) is 0 Å². The second-order valence-electron chi connectivity index (χ2n) is 6.41. The largest absolute Gasteiger partial charge is 0.318 e. The van der Waals surface area contributed by atoms with Gasteiger partial charge < -0.3 is 4.48 Å². The third-order valence-electron chi connectivity index (χ3n) is 4.53. The lowest BCUT2D eigenvalue weighted by Gasteiger charge is -2.49. The molecule has 104 valence electrons. The molecule has 0 atom stereocenters. The Labute approximate surface area is 110 Å². The first kappa shape index (κ1) is 17.0. The summed E-state index contributed by atoms with van der Waals surface area (Å²) in [5.41, 5.74) is 0. The first-order valence-corrected chi connectivity index (χ1v) is 7.76. The summed E-state index contributed by atoms with van der Waals surface area (Å²) in [7, 11) is 0. The first-order valence-electron chi connectivity index (χ1n) is 7.76. The van der Waals surface area contributed by atoms with Gasteiger partial charge in [-0.25, -0.2) is 0 Å². The lowest BCUT2D eigenvalue weighted by atomic mass is 10.0. The summed E-state index contributed by atoms with van der Waals surface area (Å²) in [5, 5.41) is 0. The van der Waals surface area contributed by atoms with Crippen LogP contribution in [0.1, 0.15) is 80.6 Å². The van der Waals surface area contributed by atoms with Gasteiger partial charge in [-0.15, -0.1) is 0 Å². The van der Waals surface area contributed by atoms with E-state index in [1.807, 2.05) is 0 Å². The highest BCUT2D eigenvalue weighted by Gasteiger charge is 2.37. The Bertz CT molecular complexity index is 160. The molecular weight excluding hydrogens is 206 g/mol. The second kappa shape index (κ2) is 8.13. The SMILES string of the molecule is CCCCCCC[N+](C(C)C)(C(C)C)C(C)C. The van der Waals surface area contributed by atoms with E-state index in [9.17, 15) is 0 Å². The van der Waals surface area contributed by atoms with Crippen LogP contribution in [0.3, 0.4) is 0 Å². The monoisotopic (exact) mass is 242 g/mol. The van der Waals surface area contributed by atoms with Crippen LogP contribution >= 0.6 is 0 Å². The van der Waals surface area contributed by atoms with Crippen LogP contribution in [0.4, 0.5) is 0 Å². The molecule has 0 saturated carbocycles. The number of quaternary nitrogens is 1. The standard InChI is InChI=1S/C16H36N/c1-8-9-10-11-12-13-17(14(2)3,15(4)5)16(6)7/h14-16H,8-13H2,1-7H3/q+1. The summed E-state index contributed by atoms with van der Waals surface area (Å²) in [6, 6.07) is 2.21. The van der Waals surface area contributed by atoms with Gasteiger partial charge in [0, 0.05) is 0 Å². The van der Waals surface area contributed by atoms with E-state index >= 15 is 0 Å². The Hall–Kier alpha value is -0.0400. The Kier molecular flexibility index (Phi) is 8.11. The van der Waals surface area contributed by atoms with Crippen molar-refractivity contribution in [3.05, 3.63) is 0 Å². The van der Waals surface area contributed by atoms with Gasteiger partial charge in [0.2, 0.25) is 0 Å². The van der Waals surface area contributed by atoms with Crippen LogP contribution in [0.5, 0.6) is 0 Å². The second-order valence-corrected chi connectivity index (χ2v) is 6.41. The minimum Gasteiger partial charge on any atom is -0.318 e. The average Bonchev–Trinajstić information content (AvgIpc) is 2.21. The zero-order valence-corrected chi connectivity index (χ0v) is 13.4. The number of rotatable bonds is 9. The molecule has 0 rings (SSSR count). The van der Waals surface area contributed by atoms with E-state index in [4.69, 9.17) is 0 Å². The topological polar surface area (TPSA) is 0 Å². The zero-order chi connectivity index (χ0) is 13.5. The average molecular weight is 242 g/mol. The normalized spacial score (nSPS) is 13.1. The molecule has 0 saturated heterocycles. The molecule has 1 heteroatoms. The zero-order valence-electron chi connectivity index (χ0n) is 13.4. The fourth-order valence-corrected chi connectivity index (χ4v) is 3.55. The van der Waals surface area contributed by atoms with E-state index in [0.29, 0.717) is 0 Å². The molecule has 0 aliphatic carbocycles. The van der Waals surface area contributed by atoms with Gasteiger partial charge in [0.15, 0.2) is 0 Å². The molecule has 0 unspecified atom stereocenters. The van der Waals surface area contributed by atoms with E-state index < -0.39 is 0 Å². The first-order chi connectivity index (χ1) is 7.89. The molecule has 0 bridgehead atoms. The third kappa shape index (κ3) is 4.62. The summed E-state index contributed by atoms with van der Waals surface area (Å²) in [4.78, 5) is 0. The van der Waals surface area contributed by atoms with E-state index in [2.05, 4.69) is 48.5 Å². The summed E-state index contributed by atoms with van der Waals surface area (Å²) in [6.45, 7) is 18.0. The Morgan fingerprint density at radius 1 is 0.647 bits per heavy atom. The van der Waals surface area contributed by atoms with Crippen molar-refractivity contribution in [2.24, 2.45) is 0 Å². The number of nitrogens with zero attached hydrogens (tertiary/aromatic N) is 1. The number of hydrogen-bond acceptors (Lipinski definition) is 0. The summed E-state index contributed by atoms with van der Waals surface area (Å²) >= 11 is 0. The molecule has 0 amide bonds. The quantitative estimate of drug-likeness (QED) is 0.394. The van der Waals surface area contributed by atoms with Crippen molar-refractivity contribution in [3.63, 3.8) is 0 Å². The van der Waals surface area contributed by atoms with Gasteiger partial charge in [-0.05, 0) is 54.4 Å². The van der Waals surface area contributed by atoms with Gasteiger partial charge in [-0.3, -0.25) is 0 Å². The van der Waals surface area contributed by atoms with E-state index in [1.165, 1.54) is 43.1 Å². The van der Waals surface area contributed by atoms with Crippen molar-refractivity contribution in [2.45, 2.75) is 98.7 Å². The Morgan fingerprint density at radius 2 is 1.06 bits per heavy atom. The molecule has 0 aromatic rings. The van der Waals surface area contributed by atoms with Crippen molar-refractivity contribution < 1.29 is 4.48 Å². The van der Waals surface area contributed by atoms with Crippen molar-refractivity contribution in [1.29, 1.82) is 0 Å². The molecule has 0 N–H and O–H groups in total. The summed E-state index contributed by atoms with van der Waals surface area (Å²) in [6.07, 6.45) is 6.99. The van der Waals surface area contributed by atoms with E-state index in [1.54, 1.807) is 0 Å². The Morgan fingerprint density at radius 3 is 1.41 bits per heavy atom. The van der Waals surface area contributed by atoms with Crippen LogP contribution in [0.2, 0.25) is 0 Å². The molecule has 17 heavy (non-hydrogen) atoms. The highest BCUT2D eigenvalue weighted by Crippen LogP contribution is 2.25. The number of hydrogen-bond donors (Lipinski definition) is 0. The van der Waals surface area contributed by atoms with Crippen LogP contribution in [0.15, 0.2) is 0 Å². The van der Waals surface area contributed by atoms with E-state index in [0.717, 1.165) is 18.1 Å². The van der Waals surface area contributed by atoms with Gasteiger partial charge >= 0.3 is 0 Å². The molecule has 0 spiro atoms. The van der Waals surface area contributed by atoms with Crippen LogP contribution in [-0.4, -0.2) is 29.2 Å². The van der Waals surface area contributed by atoms with Gasteiger partial charge in [0.05, 0.1) is 24.7 Å². The van der Waals surface area contributed by atoms with Gasteiger partial charge in [0.25, 0.3) is 0 Å². The highest BCUT2D eigenvalue weighted by atomic mass is 15.4. The third-order valence-corrected chi connectivity index (χ3v) is 4.53. The summed E-state index contributed by atoms with van der Waals surface area (Å²) < 4.78 is 1.28. The van der Waals surface area contributed by atoms with Gasteiger partial charge in [-0.1, -0.05) is 26.2 Å². The number of unbranched alkanes of at least 4 members (excludes halogenated alkanes) is 4. The minimum atomic E-state index is 0.737. The van der Waals surface area contributed by atoms with Crippen molar-refractivity contribution in [3.8, 4) is 0 Å². The van der Waals surface area contributed by atoms with E-state index in [-0.39, 0.29) is 0 Å². The van der Waals surface area contributed by atoms with Crippen LogP contribution in [0.25, 0.3) is 0 Å². The highest BCUT2D eigenvalue weighted by molar-refractivity contribution is 4.59. The molecule has 0 aromatic carbocycles. The molecule has 0 radical (unpaired) electrons. The molecule has 0 heterocycles. The molecule has 0 aliphatic rings. The molecule has 0 aromatic heterocycles. The lowest BCUT2D eigenvalue weighted by molar-refractivity contribution is -0.985.